The summed E-state index contributed by atoms with van der Waals surface area (Å²) in [4.78, 5) is 67.3. The lowest BCUT2D eigenvalue weighted by Gasteiger charge is -2.30. The van der Waals surface area contributed by atoms with Gasteiger partial charge in [-0.05, 0) is 84.4 Å². The van der Waals surface area contributed by atoms with Crippen LogP contribution in [0.2, 0.25) is 0 Å². The quantitative estimate of drug-likeness (QED) is 0.181. The second kappa shape index (κ2) is 16.0. The SMILES string of the molecule is Cc1ccc(-c2nc(O[C@H]3C[C@H]4C(=O)N[C@]5(C(=O)NS(=O)(=O)C6CC6)C[C@H]5/C=C\CCCCC[C@@H](NC(=O)OC(C)(C)C)C(=O)N4C3)c3sc4ccc(F)cc4c3n2)cc1. The van der Waals surface area contributed by atoms with E-state index in [0.717, 1.165) is 23.1 Å². The standard InChI is InChI=1S/C43H49FN6O8S2/c1-24-12-14-25(15-13-24)36-46-34-30-20-27(44)16-19-33(30)59-35(34)38(47-36)57-28-21-32-37(51)48-43(40(53)49-60(55,56)29-17-18-29)22-26(43)10-8-6-5-7-9-11-31(39(52)50(32)23-28)45-41(54)58-42(2,3)4/h8,10,12-16,19-20,26,28-29,31-32H,5-7,9,11,17-18,21-23H2,1-4H3,(H,45,54)(H,48,51)(H,49,53)/b10-8-/t26-,28+,31-,32+,43-/m1/s1. The number of aryl methyl sites for hydroxylation is 1. The Morgan fingerprint density at radius 2 is 1.80 bits per heavy atom. The number of ether oxygens (including phenoxy) is 2. The third-order valence-electron chi connectivity index (χ3n) is 11.4. The number of thiophene rings is 1. The monoisotopic (exact) mass is 860 g/mol. The van der Waals surface area contributed by atoms with Gasteiger partial charge in [0.25, 0.3) is 5.91 Å². The Kier molecular flexibility index (Phi) is 11.1. The minimum absolute atomic E-state index is 0.0276. The summed E-state index contributed by atoms with van der Waals surface area (Å²) in [5.41, 5.74) is -0.164. The molecule has 4 heterocycles. The van der Waals surface area contributed by atoms with E-state index in [1.807, 2.05) is 43.3 Å². The van der Waals surface area contributed by atoms with Gasteiger partial charge in [0.1, 0.15) is 39.8 Å². The average Bonchev–Trinajstić information content (AvgIpc) is 4.08. The number of benzene rings is 2. The third kappa shape index (κ3) is 8.83. The Hall–Kier alpha value is -5.16. The molecule has 17 heteroatoms. The molecule has 2 aliphatic carbocycles. The largest absolute Gasteiger partial charge is 0.471 e. The molecule has 1 saturated heterocycles. The molecule has 0 spiro atoms. The molecule has 0 radical (unpaired) electrons. The molecule has 4 amide bonds. The molecule has 5 atom stereocenters. The van der Waals surface area contributed by atoms with Gasteiger partial charge in [-0.3, -0.25) is 19.1 Å². The van der Waals surface area contributed by atoms with E-state index in [2.05, 4.69) is 15.4 Å². The molecule has 0 unspecified atom stereocenters. The molecule has 8 rings (SSSR count). The molecule has 3 fully saturated rings. The minimum Gasteiger partial charge on any atom is -0.471 e. The number of fused-ring (bicyclic) bond motifs is 5. The zero-order chi connectivity index (χ0) is 42.6. The zero-order valence-corrected chi connectivity index (χ0v) is 35.6. The van der Waals surface area contributed by atoms with Crippen LogP contribution in [0.25, 0.3) is 31.7 Å². The van der Waals surface area contributed by atoms with Crippen LogP contribution in [0.3, 0.4) is 0 Å². The lowest BCUT2D eigenvalue weighted by atomic mass is 10.0. The number of halogens is 1. The highest BCUT2D eigenvalue weighted by Crippen LogP contribution is 2.46. The van der Waals surface area contributed by atoms with E-state index in [4.69, 9.17) is 19.4 Å². The van der Waals surface area contributed by atoms with Crippen molar-refractivity contribution in [2.24, 2.45) is 5.92 Å². The number of hydrogen-bond donors (Lipinski definition) is 3. The van der Waals surface area contributed by atoms with Crippen molar-refractivity contribution in [2.75, 3.05) is 6.54 Å². The van der Waals surface area contributed by atoms with E-state index < -0.39 is 80.2 Å². The number of nitrogens with zero attached hydrogens (tertiary/aromatic N) is 3. The fourth-order valence-electron chi connectivity index (χ4n) is 7.96. The molecule has 0 bridgehead atoms. The predicted octanol–water partition coefficient (Wildman–Crippen LogP) is 6.20. The Bertz CT molecular complexity index is 2500. The number of allylic oxidation sites excluding steroid dienone is 1. The normalized spacial score (nSPS) is 25.6. The summed E-state index contributed by atoms with van der Waals surface area (Å²) >= 11 is 1.33. The van der Waals surface area contributed by atoms with E-state index >= 15 is 0 Å². The molecule has 14 nitrogen and oxygen atoms in total. The summed E-state index contributed by atoms with van der Waals surface area (Å²) in [6.45, 7) is 7.03. The minimum atomic E-state index is -3.93. The molecule has 4 aromatic rings. The lowest BCUT2D eigenvalue weighted by Crippen LogP contribution is -2.58. The van der Waals surface area contributed by atoms with E-state index in [0.29, 0.717) is 52.7 Å². The maximum absolute atomic E-state index is 14.7. The van der Waals surface area contributed by atoms with E-state index in [-0.39, 0.29) is 31.7 Å². The van der Waals surface area contributed by atoms with Crippen LogP contribution >= 0.6 is 11.3 Å². The van der Waals surface area contributed by atoms with Gasteiger partial charge in [0.2, 0.25) is 27.7 Å². The van der Waals surface area contributed by atoms with Crippen LogP contribution in [0.4, 0.5) is 9.18 Å². The number of rotatable bonds is 7. The maximum atomic E-state index is 14.7. The van der Waals surface area contributed by atoms with Gasteiger partial charge < -0.3 is 25.0 Å². The molecular formula is C43H49FN6O8S2. The molecule has 2 aromatic heterocycles. The highest BCUT2D eigenvalue weighted by Gasteiger charge is 2.62. The van der Waals surface area contributed by atoms with Crippen molar-refractivity contribution in [1.29, 1.82) is 0 Å². The van der Waals surface area contributed by atoms with Gasteiger partial charge >= 0.3 is 6.09 Å². The summed E-state index contributed by atoms with van der Waals surface area (Å²) in [6, 6.07) is 9.83. The molecule has 318 valence electrons. The van der Waals surface area contributed by atoms with Crippen molar-refractivity contribution < 1.29 is 41.5 Å². The Labute approximate surface area is 351 Å². The predicted molar refractivity (Wildman–Crippen MR) is 224 cm³/mol. The van der Waals surface area contributed by atoms with E-state index in [1.54, 1.807) is 26.8 Å². The summed E-state index contributed by atoms with van der Waals surface area (Å²) in [5, 5.41) is 5.56. The first-order valence-corrected chi connectivity index (χ1v) is 22.8. The Morgan fingerprint density at radius 1 is 1.03 bits per heavy atom. The van der Waals surface area contributed by atoms with Crippen LogP contribution in [0.1, 0.15) is 84.1 Å². The van der Waals surface area contributed by atoms with Gasteiger partial charge in [-0.25, -0.2) is 22.6 Å². The van der Waals surface area contributed by atoms with Crippen LogP contribution in [0.5, 0.6) is 5.88 Å². The van der Waals surface area contributed by atoms with Crippen molar-refractivity contribution in [3.05, 3.63) is 66.0 Å². The first-order valence-electron chi connectivity index (χ1n) is 20.5. The van der Waals surface area contributed by atoms with Crippen molar-refractivity contribution in [3.8, 4) is 17.3 Å². The molecule has 2 aliphatic heterocycles. The summed E-state index contributed by atoms with van der Waals surface area (Å²) in [7, 11) is -3.93. The Balaban J connectivity index is 1.15. The molecule has 2 aromatic carbocycles. The smallest absolute Gasteiger partial charge is 0.408 e. The molecular weight excluding hydrogens is 812 g/mol. The number of sulfonamides is 1. The molecule has 3 N–H and O–H groups in total. The second-order valence-corrected chi connectivity index (χ2v) is 20.3. The highest BCUT2D eigenvalue weighted by atomic mass is 32.2. The number of carbonyl (C=O) groups is 4. The van der Waals surface area contributed by atoms with Crippen molar-refractivity contribution in [2.45, 2.75) is 120 Å². The van der Waals surface area contributed by atoms with E-state index in [9.17, 15) is 32.0 Å². The summed E-state index contributed by atoms with van der Waals surface area (Å²) < 4.78 is 56.2. The van der Waals surface area contributed by atoms with Crippen LogP contribution in [0.15, 0.2) is 54.6 Å². The maximum Gasteiger partial charge on any atom is 0.408 e. The van der Waals surface area contributed by atoms with Gasteiger partial charge in [0.15, 0.2) is 5.82 Å². The van der Waals surface area contributed by atoms with Gasteiger partial charge in [0.05, 0.1) is 17.3 Å². The Morgan fingerprint density at radius 3 is 2.53 bits per heavy atom. The first-order chi connectivity index (χ1) is 28.5. The number of hydrogen-bond acceptors (Lipinski definition) is 11. The average molecular weight is 861 g/mol. The van der Waals surface area contributed by atoms with Crippen molar-refractivity contribution in [1.82, 2.24) is 30.2 Å². The second-order valence-electron chi connectivity index (χ2n) is 17.3. The molecule has 2 saturated carbocycles. The third-order valence-corrected chi connectivity index (χ3v) is 14.3. The number of alkyl carbamates (subject to hydrolysis) is 1. The fourth-order valence-corrected chi connectivity index (χ4v) is 10.4. The first kappa shape index (κ1) is 41.6. The topological polar surface area (TPSA) is 186 Å². The number of carbonyl (C=O) groups excluding carboxylic acids is 4. The number of amides is 4. The number of nitrogens with one attached hydrogen (secondary N) is 3. The molecule has 4 aliphatic rings. The van der Waals surface area contributed by atoms with Crippen LogP contribution < -0.4 is 20.1 Å². The number of aromatic nitrogens is 2. The van der Waals surface area contributed by atoms with E-state index in [1.165, 1.54) is 28.4 Å². The van der Waals surface area contributed by atoms with Crippen LogP contribution in [0, 0.1) is 18.7 Å². The fraction of sp³-hybridized carbons (Fsp3) is 0.488. The zero-order valence-electron chi connectivity index (χ0n) is 34.0. The van der Waals surface area contributed by atoms with Crippen molar-refractivity contribution in [3.63, 3.8) is 0 Å². The van der Waals surface area contributed by atoms with Crippen molar-refractivity contribution >= 4 is 65.5 Å². The van der Waals surface area contributed by atoms with Gasteiger partial charge in [-0.15, -0.1) is 11.3 Å². The van der Waals surface area contributed by atoms with Crippen LogP contribution in [-0.2, 0) is 29.1 Å². The summed E-state index contributed by atoms with van der Waals surface area (Å²) in [6.07, 6.45) is 6.28. The van der Waals surface area contributed by atoms with Crippen LogP contribution in [-0.4, -0.2) is 88.2 Å². The summed E-state index contributed by atoms with van der Waals surface area (Å²) in [5.74, 6) is -2.38. The van der Waals surface area contributed by atoms with Gasteiger partial charge in [-0.2, -0.15) is 4.98 Å². The van der Waals surface area contributed by atoms with Gasteiger partial charge in [0, 0.05) is 28.0 Å². The van der Waals surface area contributed by atoms with Gasteiger partial charge in [-0.1, -0.05) is 54.8 Å². The lowest BCUT2D eigenvalue weighted by molar-refractivity contribution is -0.141. The highest BCUT2D eigenvalue weighted by molar-refractivity contribution is 7.91. The molecule has 60 heavy (non-hydrogen) atoms.